The quantitative estimate of drug-likeness (QED) is 0.603. The lowest BCUT2D eigenvalue weighted by Crippen LogP contribution is -2.46. The minimum atomic E-state index is -0.322. The van der Waals surface area contributed by atoms with Crippen molar-refractivity contribution < 1.29 is 14.3 Å². The fourth-order valence-corrected chi connectivity index (χ4v) is 3.16. The summed E-state index contributed by atoms with van der Waals surface area (Å²) >= 11 is 11.6. The number of amides is 1. The monoisotopic (exact) mass is 343 g/mol. The highest BCUT2D eigenvalue weighted by Gasteiger charge is 2.37. The van der Waals surface area contributed by atoms with Crippen LogP contribution >= 0.6 is 23.2 Å². The van der Waals surface area contributed by atoms with Crippen LogP contribution in [0.2, 0.25) is 5.02 Å². The summed E-state index contributed by atoms with van der Waals surface area (Å²) in [7, 11) is 0. The van der Waals surface area contributed by atoms with Crippen LogP contribution in [0.15, 0.2) is 24.3 Å². The summed E-state index contributed by atoms with van der Waals surface area (Å²) in [5, 5.41) is 0.608. The maximum Gasteiger partial charge on any atom is 0.302 e. The molecule has 1 aliphatic carbocycles. The van der Waals surface area contributed by atoms with Crippen molar-refractivity contribution in [3.63, 3.8) is 0 Å². The van der Waals surface area contributed by atoms with Gasteiger partial charge in [0.15, 0.2) is 0 Å². The first kappa shape index (κ1) is 17.1. The Morgan fingerprint density at radius 2 is 1.95 bits per heavy atom. The van der Waals surface area contributed by atoms with Crippen LogP contribution in [0.4, 0.5) is 5.69 Å². The fraction of sp³-hybridized carbons (Fsp3) is 0.500. The van der Waals surface area contributed by atoms with Gasteiger partial charge in [-0.15, -0.1) is 11.6 Å². The van der Waals surface area contributed by atoms with Crippen LogP contribution in [-0.2, 0) is 14.3 Å². The number of alkyl halides is 1. The summed E-state index contributed by atoms with van der Waals surface area (Å²) in [4.78, 5) is 25.5. The molecule has 4 nitrogen and oxygen atoms in total. The molecule has 0 bridgehead atoms. The number of hydrogen-bond acceptors (Lipinski definition) is 3. The maximum atomic E-state index is 12.5. The van der Waals surface area contributed by atoms with E-state index in [0.29, 0.717) is 5.02 Å². The van der Waals surface area contributed by atoms with E-state index >= 15 is 0 Å². The molecule has 1 amide bonds. The highest BCUT2D eigenvalue weighted by Crippen LogP contribution is 2.32. The van der Waals surface area contributed by atoms with Gasteiger partial charge in [-0.1, -0.05) is 11.6 Å². The van der Waals surface area contributed by atoms with E-state index < -0.39 is 0 Å². The Hall–Kier alpha value is -1.26. The van der Waals surface area contributed by atoms with Crippen molar-refractivity contribution in [3.05, 3.63) is 29.3 Å². The molecule has 1 aromatic carbocycles. The van der Waals surface area contributed by atoms with E-state index in [2.05, 4.69) is 0 Å². The summed E-state index contributed by atoms with van der Waals surface area (Å²) in [6.07, 6.45) is 2.46. The highest BCUT2D eigenvalue weighted by atomic mass is 35.5. The van der Waals surface area contributed by atoms with Crippen LogP contribution < -0.4 is 4.90 Å². The third kappa shape index (κ3) is 4.14. The van der Waals surface area contributed by atoms with Crippen LogP contribution in [0.3, 0.4) is 0 Å². The zero-order valence-corrected chi connectivity index (χ0v) is 13.9. The van der Waals surface area contributed by atoms with Gasteiger partial charge in [-0.25, -0.2) is 0 Å². The van der Waals surface area contributed by atoms with Gasteiger partial charge in [0.05, 0.1) is 6.04 Å². The maximum absolute atomic E-state index is 12.5. The molecule has 0 radical (unpaired) electrons. The van der Waals surface area contributed by atoms with Crippen LogP contribution in [0.1, 0.15) is 32.6 Å². The summed E-state index contributed by atoms with van der Waals surface area (Å²) < 4.78 is 5.39. The molecule has 22 heavy (non-hydrogen) atoms. The average Bonchev–Trinajstić information content (AvgIpc) is 2.89. The first-order chi connectivity index (χ1) is 10.5. The van der Waals surface area contributed by atoms with Crippen LogP contribution in [-0.4, -0.2) is 29.9 Å². The Morgan fingerprint density at radius 1 is 1.27 bits per heavy atom. The molecule has 1 aliphatic rings. The lowest BCUT2D eigenvalue weighted by Gasteiger charge is -2.32. The van der Waals surface area contributed by atoms with Crippen molar-refractivity contribution in [3.8, 4) is 0 Å². The molecule has 0 N–H and O–H groups in total. The predicted molar refractivity (Wildman–Crippen MR) is 87.5 cm³/mol. The largest absolute Gasteiger partial charge is 0.460 e. The van der Waals surface area contributed by atoms with Gasteiger partial charge in [-0.3, -0.25) is 9.59 Å². The number of halogens is 2. The predicted octanol–water partition coefficient (Wildman–Crippen LogP) is 3.79. The van der Waals surface area contributed by atoms with E-state index in [9.17, 15) is 9.59 Å². The second kappa shape index (κ2) is 7.84. The van der Waals surface area contributed by atoms with Crippen molar-refractivity contribution in [1.29, 1.82) is 0 Å². The number of carbonyl (C=O) groups excluding carboxylic acids is 2. The fourth-order valence-electron chi connectivity index (χ4n) is 2.88. The first-order valence-electron chi connectivity index (χ1n) is 7.33. The number of hydrogen-bond donors (Lipinski definition) is 0. The van der Waals surface area contributed by atoms with Gasteiger partial charge in [0.25, 0.3) is 0 Å². The molecule has 2 rings (SSSR count). The molecule has 1 fully saturated rings. The zero-order valence-electron chi connectivity index (χ0n) is 12.4. The van der Waals surface area contributed by atoms with Crippen molar-refractivity contribution in [2.24, 2.45) is 0 Å². The number of benzene rings is 1. The number of rotatable bonds is 5. The average molecular weight is 344 g/mol. The molecule has 1 saturated carbocycles. The second-order valence-electron chi connectivity index (χ2n) is 5.33. The van der Waals surface area contributed by atoms with Crippen LogP contribution in [0.25, 0.3) is 0 Å². The molecule has 1 aromatic rings. The molecule has 0 aromatic heterocycles. The van der Waals surface area contributed by atoms with Crippen LogP contribution in [0, 0.1) is 0 Å². The van der Waals surface area contributed by atoms with Gasteiger partial charge in [-0.2, -0.15) is 0 Å². The molecule has 0 saturated heterocycles. The molecule has 0 spiro atoms. The van der Waals surface area contributed by atoms with E-state index in [0.717, 1.165) is 24.9 Å². The normalized spacial score (nSPS) is 20.7. The third-order valence-corrected chi connectivity index (χ3v) is 4.19. The van der Waals surface area contributed by atoms with Gasteiger partial charge < -0.3 is 9.64 Å². The smallest absolute Gasteiger partial charge is 0.302 e. The first-order valence-corrected chi connectivity index (χ1v) is 8.25. The SMILES string of the molecule is CC(=O)OC1CCCC1N(C(=O)CCCl)c1ccc(Cl)cc1. The Bertz CT molecular complexity index is 533. The minimum Gasteiger partial charge on any atom is -0.460 e. The minimum absolute atomic E-state index is 0.0682. The number of ether oxygens (including phenoxy) is 1. The van der Waals surface area contributed by atoms with Gasteiger partial charge in [-0.05, 0) is 43.5 Å². The van der Waals surface area contributed by atoms with Gasteiger partial charge in [0.1, 0.15) is 6.10 Å². The third-order valence-electron chi connectivity index (χ3n) is 3.75. The molecular formula is C16H19Cl2NO3. The lowest BCUT2D eigenvalue weighted by atomic mass is 10.1. The van der Waals surface area contributed by atoms with Gasteiger partial charge in [0.2, 0.25) is 5.91 Å². The van der Waals surface area contributed by atoms with Crippen molar-refractivity contribution in [2.45, 2.75) is 44.8 Å². The molecule has 0 aliphatic heterocycles. The Morgan fingerprint density at radius 3 is 2.55 bits per heavy atom. The molecule has 6 heteroatoms. The number of carbonyl (C=O) groups is 2. The summed E-state index contributed by atoms with van der Waals surface area (Å²) in [5.41, 5.74) is 0.753. The zero-order chi connectivity index (χ0) is 16.1. The van der Waals surface area contributed by atoms with Crippen LogP contribution in [0.5, 0.6) is 0 Å². The second-order valence-corrected chi connectivity index (χ2v) is 6.14. The summed E-state index contributed by atoms with van der Waals surface area (Å²) in [6.45, 7) is 1.39. The summed E-state index contributed by atoms with van der Waals surface area (Å²) in [5.74, 6) is -0.132. The van der Waals surface area contributed by atoms with E-state index in [1.54, 1.807) is 29.2 Å². The molecule has 0 heterocycles. The summed E-state index contributed by atoms with van der Waals surface area (Å²) in [6, 6.07) is 6.94. The molecular weight excluding hydrogens is 325 g/mol. The highest BCUT2D eigenvalue weighted by molar-refractivity contribution is 6.30. The van der Waals surface area contributed by atoms with Gasteiger partial charge >= 0.3 is 5.97 Å². The van der Waals surface area contributed by atoms with E-state index in [-0.39, 0.29) is 36.3 Å². The van der Waals surface area contributed by atoms with E-state index in [4.69, 9.17) is 27.9 Å². The Kier molecular flexibility index (Phi) is 6.09. The number of esters is 1. The van der Waals surface area contributed by atoms with Gasteiger partial charge in [0, 0.05) is 29.9 Å². The molecule has 120 valence electrons. The van der Waals surface area contributed by atoms with E-state index in [1.807, 2.05) is 0 Å². The molecule has 2 atom stereocenters. The van der Waals surface area contributed by atoms with E-state index in [1.165, 1.54) is 6.92 Å². The Balaban J connectivity index is 2.29. The lowest BCUT2D eigenvalue weighted by molar-refractivity contribution is -0.147. The topological polar surface area (TPSA) is 46.6 Å². The molecule has 2 unspecified atom stereocenters. The number of anilines is 1. The standard InChI is InChI=1S/C16H19Cl2NO3/c1-11(20)22-15-4-2-3-14(15)19(16(21)9-10-17)13-7-5-12(18)6-8-13/h5-8,14-15H,2-4,9-10H2,1H3. The number of nitrogens with zero attached hydrogens (tertiary/aromatic N) is 1. The van der Waals surface area contributed by atoms with Crippen molar-refractivity contribution >= 4 is 40.8 Å². The Labute approximate surface area is 140 Å². The van der Waals surface area contributed by atoms with Crippen molar-refractivity contribution in [2.75, 3.05) is 10.8 Å². The van der Waals surface area contributed by atoms with Crippen molar-refractivity contribution in [1.82, 2.24) is 0 Å².